The normalized spacial score (nSPS) is 12.0. The summed E-state index contributed by atoms with van der Waals surface area (Å²) >= 11 is 0. The molecule has 1 rings (SSSR count). The van der Waals surface area contributed by atoms with Crippen LogP contribution in [0, 0.1) is 0 Å². The highest BCUT2D eigenvalue weighted by Crippen LogP contribution is 2.16. The highest BCUT2D eigenvalue weighted by Gasteiger charge is 2.19. The summed E-state index contributed by atoms with van der Waals surface area (Å²) in [7, 11) is -0.158. The van der Waals surface area contributed by atoms with Gasteiger partial charge >= 0.3 is 10.2 Å². The van der Waals surface area contributed by atoms with Gasteiger partial charge in [0.05, 0.1) is 11.4 Å². The molecule has 0 saturated heterocycles. The number of aromatic nitrogens is 2. The van der Waals surface area contributed by atoms with Crippen LogP contribution in [0.25, 0.3) is 0 Å². The van der Waals surface area contributed by atoms with Gasteiger partial charge in [0.2, 0.25) is 0 Å². The molecule has 122 valence electrons. The third-order valence-electron chi connectivity index (χ3n) is 3.14. The Bertz CT molecular complexity index is 527. The predicted octanol–water partition coefficient (Wildman–Crippen LogP) is 0.961. The monoisotopic (exact) mass is 317 g/mol. The molecule has 1 aromatic rings. The molecule has 0 aromatic carbocycles. The van der Waals surface area contributed by atoms with E-state index in [9.17, 15) is 8.42 Å². The zero-order valence-corrected chi connectivity index (χ0v) is 14.2. The highest BCUT2D eigenvalue weighted by atomic mass is 32.2. The van der Waals surface area contributed by atoms with Crippen LogP contribution < -0.4 is 10.0 Å². The van der Waals surface area contributed by atoms with Gasteiger partial charge in [-0.15, -0.1) is 0 Å². The molecular formula is C13H27N5O2S. The zero-order chi connectivity index (χ0) is 15.9. The van der Waals surface area contributed by atoms with Crippen LogP contribution in [0.3, 0.4) is 0 Å². The van der Waals surface area contributed by atoms with Crippen LogP contribution in [0.1, 0.15) is 32.4 Å². The van der Waals surface area contributed by atoms with Crippen molar-refractivity contribution in [2.75, 3.05) is 31.4 Å². The van der Waals surface area contributed by atoms with Gasteiger partial charge in [-0.3, -0.25) is 9.40 Å². The highest BCUT2D eigenvalue weighted by molar-refractivity contribution is 7.90. The van der Waals surface area contributed by atoms with Crippen LogP contribution in [0.15, 0.2) is 6.20 Å². The minimum Gasteiger partial charge on any atom is -0.317 e. The van der Waals surface area contributed by atoms with Crippen molar-refractivity contribution in [1.29, 1.82) is 0 Å². The molecule has 0 aliphatic heterocycles. The summed E-state index contributed by atoms with van der Waals surface area (Å²) in [5.41, 5.74) is 1.30. The third-order valence-corrected chi connectivity index (χ3v) is 4.62. The summed E-state index contributed by atoms with van der Waals surface area (Å²) in [4.78, 5) is 0. The van der Waals surface area contributed by atoms with Crippen molar-refractivity contribution in [3.05, 3.63) is 11.9 Å². The lowest BCUT2D eigenvalue weighted by Gasteiger charge is -2.18. The van der Waals surface area contributed by atoms with Gasteiger partial charge in [0.15, 0.2) is 0 Å². The molecule has 1 heterocycles. The summed E-state index contributed by atoms with van der Waals surface area (Å²) in [6.45, 7) is 6.31. The Labute approximate surface area is 127 Å². The number of rotatable bonds is 10. The fourth-order valence-corrected chi connectivity index (χ4v) is 2.92. The van der Waals surface area contributed by atoms with Gasteiger partial charge in [0.25, 0.3) is 0 Å². The van der Waals surface area contributed by atoms with Crippen molar-refractivity contribution >= 4 is 15.9 Å². The second kappa shape index (κ2) is 8.35. The van der Waals surface area contributed by atoms with E-state index < -0.39 is 10.2 Å². The first-order chi connectivity index (χ1) is 9.90. The molecule has 0 aliphatic carbocycles. The first kappa shape index (κ1) is 17.9. The molecule has 8 heteroatoms. The van der Waals surface area contributed by atoms with E-state index >= 15 is 0 Å². The first-order valence-corrected chi connectivity index (χ1v) is 8.82. The topological polar surface area (TPSA) is 79.3 Å². The molecule has 0 atom stereocenters. The van der Waals surface area contributed by atoms with Gasteiger partial charge < -0.3 is 5.32 Å². The fraction of sp³-hybridized carbons (Fsp3) is 0.769. The average molecular weight is 317 g/mol. The smallest absolute Gasteiger partial charge is 0.301 e. The Balaban J connectivity index is 2.55. The van der Waals surface area contributed by atoms with Gasteiger partial charge in [0, 0.05) is 26.8 Å². The van der Waals surface area contributed by atoms with E-state index in [2.05, 4.69) is 22.1 Å². The second-order valence-corrected chi connectivity index (χ2v) is 6.83. The Morgan fingerprint density at radius 3 is 2.67 bits per heavy atom. The van der Waals surface area contributed by atoms with Gasteiger partial charge in [-0.2, -0.15) is 17.8 Å². The van der Waals surface area contributed by atoms with E-state index in [0.717, 1.165) is 31.6 Å². The molecule has 21 heavy (non-hydrogen) atoms. The molecule has 0 bridgehead atoms. The van der Waals surface area contributed by atoms with E-state index in [0.29, 0.717) is 18.7 Å². The molecule has 0 unspecified atom stereocenters. The van der Waals surface area contributed by atoms with Crippen molar-refractivity contribution in [3.63, 3.8) is 0 Å². The van der Waals surface area contributed by atoms with E-state index in [1.807, 2.05) is 6.92 Å². The predicted molar refractivity (Wildman–Crippen MR) is 85.5 cm³/mol. The minimum atomic E-state index is -3.52. The van der Waals surface area contributed by atoms with Gasteiger partial charge in [-0.25, -0.2) is 0 Å². The maximum atomic E-state index is 12.3. The first-order valence-electron chi connectivity index (χ1n) is 7.38. The lowest BCUT2D eigenvalue weighted by molar-refractivity contribution is 0.458. The lowest BCUT2D eigenvalue weighted by atomic mass is 10.3. The third kappa shape index (κ3) is 5.64. The molecule has 0 spiro atoms. The molecule has 1 aromatic heterocycles. The van der Waals surface area contributed by atoms with Crippen LogP contribution in [0.4, 0.5) is 5.69 Å². The number of hydrogen-bond acceptors (Lipinski definition) is 4. The van der Waals surface area contributed by atoms with Crippen molar-refractivity contribution in [1.82, 2.24) is 19.4 Å². The maximum Gasteiger partial charge on any atom is 0.301 e. The Kier molecular flexibility index (Phi) is 7.13. The average Bonchev–Trinajstić information content (AvgIpc) is 2.77. The number of nitrogens with zero attached hydrogens (tertiary/aromatic N) is 3. The summed E-state index contributed by atoms with van der Waals surface area (Å²) in [6, 6.07) is 0. The maximum absolute atomic E-state index is 12.3. The van der Waals surface area contributed by atoms with Crippen LogP contribution in [0.5, 0.6) is 0 Å². The zero-order valence-electron chi connectivity index (χ0n) is 13.4. The Morgan fingerprint density at radius 1 is 1.33 bits per heavy atom. The van der Waals surface area contributed by atoms with E-state index in [-0.39, 0.29) is 0 Å². The number of anilines is 1. The minimum absolute atomic E-state index is 0.480. The van der Waals surface area contributed by atoms with Crippen LogP contribution >= 0.6 is 0 Å². The quantitative estimate of drug-likeness (QED) is 0.630. The number of hydrogen-bond donors (Lipinski definition) is 2. The van der Waals surface area contributed by atoms with Crippen molar-refractivity contribution < 1.29 is 8.42 Å². The standard InChI is InChI=1S/C13H27N5O2S/c1-5-8-14-9-7-10-18(4)21(19,20)16-13-11-17(3)15-12(13)6-2/h11,14,16H,5-10H2,1-4H3. The molecule has 0 aliphatic rings. The Morgan fingerprint density at radius 2 is 2.05 bits per heavy atom. The fourth-order valence-electron chi connectivity index (χ4n) is 1.95. The van der Waals surface area contributed by atoms with E-state index in [1.165, 1.54) is 4.31 Å². The summed E-state index contributed by atoms with van der Waals surface area (Å²) in [6.07, 6.45) is 4.23. The van der Waals surface area contributed by atoms with Crippen molar-refractivity contribution in [2.24, 2.45) is 7.05 Å². The summed E-state index contributed by atoms with van der Waals surface area (Å²) < 4.78 is 30.1. The molecule has 0 saturated carbocycles. The van der Waals surface area contributed by atoms with Gasteiger partial charge in [-0.05, 0) is 32.4 Å². The second-order valence-electron chi connectivity index (χ2n) is 5.05. The lowest BCUT2D eigenvalue weighted by Crippen LogP contribution is -2.34. The van der Waals surface area contributed by atoms with Crippen LogP contribution in [-0.2, 0) is 23.7 Å². The van der Waals surface area contributed by atoms with E-state index in [1.54, 1.807) is 25.0 Å². The molecule has 7 nitrogen and oxygen atoms in total. The molecule has 0 radical (unpaired) electrons. The van der Waals surface area contributed by atoms with Crippen LogP contribution in [-0.4, -0.2) is 49.2 Å². The number of nitrogens with one attached hydrogen (secondary N) is 2. The van der Waals surface area contributed by atoms with Crippen molar-refractivity contribution in [2.45, 2.75) is 33.1 Å². The summed E-state index contributed by atoms with van der Waals surface area (Å²) in [5, 5.41) is 7.49. The SMILES string of the molecule is CCCNCCCN(C)S(=O)(=O)Nc1cn(C)nc1CC. The Hall–Kier alpha value is -1.12. The van der Waals surface area contributed by atoms with Gasteiger partial charge in [0.1, 0.15) is 0 Å². The molecule has 2 N–H and O–H groups in total. The molecule has 0 fully saturated rings. The van der Waals surface area contributed by atoms with Crippen LogP contribution in [0.2, 0.25) is 0 Å². The number of aryl methyl sites for hydroxylation is 2. The molecule has 0 amide bonds. The van der Waals surface area contributed by atoms with Gasteiger partial charge in [-0.1, -0.05) is 13.8 Å². The van der Waals surface area contributed by atoms with E-state index in [4.69, 9.17) is 0 Å². The largest absolute Gasteiger partial charge is 0.317 e. The van der Waals surface area contributed by atoms with Crippen molar-refractivity contribution in [3.8, 4) is 0 Å². The summed E-state index contributed by atoms with van der Waals surface area (Å²) in [5.74, 6) is 0. The molecular weight excluding hydrogens is 290 g/mol.